The van der Waals surface area contributed by atoms with Gasteiger partial charge in [0.15, 0.2) is 17.7 Å². The second-order valence-corrected chi connectivity index (χ2v) is 4.91. The molecule has 0 aliphatic heterocycles. The van der Waals surface area contributed by atoms with Crippen molar-refractivity contribution in [3.05, 3.63) is 46.4 Å². The van der Waals surface area contributed by atoms with Crippen LogP contribution in [0.15, 0.2) is 35.1 Å². The molecule has 0 aliphatic carbocycles. The van der Waals surface area contributed by atoms with Crippen LogP contribution in [-0.2, 0) is 9.47 Å². The van der Waals surface area contributed by atoms with E-state index in [9.17, 15) is 14.7 Å². The van der Waals surface area contributed by atoms with Gasteiger partial charge in [-0.15, -0.1) is 0 Å². The third-order valence-corrected chi connectivity index (χ3v) is 3.40. The van der Waals surface area contributed by atoms with Gasteiger partial charge in [0.05, 0.1) is 13.7 Å². The summed E-state index contributed by atoms with van der Waals surface area (Å²) in [4.78, 5) is 24.4. The Balaban J connectivity index is 2.38. The van der Waals surface area contributed by atoms with Gasteiger partial charge in [-0.1, -0.05) is 12.1 Å². The standard InChI is InChI=1S/C16H19N3O6/c1-23-12-7-5-4-6-10(12)19-13(21)8-11(20)15(18-19)16(22)17-9-14(24-2)25-3/h4-8,14,20H,9H2,1-3H3,(H,17,22). The molecule has 0 radical (unpaired) electrons. The molecular weight excluding hydrogens is 330 g/mol. The SMILES string of the molecule is COc1ccccc1-n1nc(C(=O)NCC(OC)OC)c(O)cc1=O. The topological polar surface area (TPSA) is 112 Å². The molecule has 0 fully saturated rings. The summed E-state index contributed by atoms with van der Waals surface area (Å²) in [5, 5.41) is 16.4. The van der Waals surface area contributed by atoms with Crippen LogP contribution in [-0.4, -0.2) is 55.0 Å². The Morgan fingerprint density at radius 1 is 1.28 bits per heavy atom. The number of rotatable bonds is 7. The molecule has 0 unspecified atom stereocenters. The number of aromatic hydroxyl groups is 1. The zero-order valence-electron chi connectivity index (χ0n) is 14.1. The van der Waals surface area contributed by atoms with Crippen molar-refractivity contribution in [3.63, 3.8) is 0 Å². The Bertz CT molecular complexity index is 801. The monoisotopic (exact) mass is 349 g/mol. The summed E-state index contributed by atoms with van der Waals surface area (Å²) in [5.74, 6) is -0.812. The van der Waals surface area contributed by atoms with E-state index >= 15 is 0 Å². The number of nitrogens with zero attached hydrogens (tertiary/aromatic N) is 2. The highest BCUT2D eigenvalue weighted by Gasteiger charge is 2.19. The fourth-order valence-corrected chi connectivity index (χ4v) is 2.11. The minimum absolute atomic E-state index is 0.0424. The highest BCUT2D eigenvalue weighted by atomic mass is 16.7. The van der Waals surface area contributed by atoms with Crippen LogP contribution in [0, 0.1) is 0 Å². The van der Waals surface area contributed by atoms with Gasteiger partial charge in [-0.2, -0.15) is 9.78 Å². The van der Waals surface area contributed by atoms with E-state index in [-0.39, 0.29) is 12.2 Å². The number of ether oxygens (including phenoxy) is 3. The van der Waals surface area contributed by atoms with Gasteiger partial charge in [0.25, 0.3) is 11.5 Å². The number of amides is 1. The van der Waals surface area contributed by atoms with E-state index in [1.165, 1.54) is 21.3 Å². The van der Waals surface area contributed by atoms with Gasteiger partial charge in [0.2, 0.25) is 0 Å². The first kappa shape index (κ1) is 18.4. The number of methoxy groups -OCH3 is 3. The molecule has 0 aliphatic rings. The molecule has 1 aromatic carbocycles. The van der Waals surface area contributed by atoms with Gasteiger partial charge in [-0.25, -0.2) is 0 Å². The second kappa shape index (κ2) is 8.27. The number of hydrogen-bond donors (Lipinski definition) is 2. The van der Waals surface area contributed by atoms with Gasteiger partial charge in [-0.3, -0.25) is 9.59 Å². The zero-order valence-corrected chi connectivity index (χ0v) is 14.1. The first-order chi connectivity index (χ1) is 12.0. The van der Waals surface area contributed by atoms with E-state index in [0.717, 1.165) is 10.7 Å². The predicted molar refractivity (Wildman–Crippen MR) is 88.2 cm³/mol. The summed E-state index contributed by atoms with van der Waals surface area (Å²) in [5.41, 5.74) is -0.572. The van der Waals surface area contributed by atoms with E-state index in [0.29, 0.717) is 11.4 Å². The van der Waals surface area contributed by atoms with Crippen LogP contribution in [0.1, 0.15) is 10.5 Å². The van der Waals surface area contributed by atoms with Crippen LogP contribution < -0.4 is 15.6 Å². The maximum Gasteiger partial charge on any atom is 0.275 e. The van der Waals surface area contributed by atoms with Crippen molar-refractivity contribution >= 4 is 5.91 Å². The maximum atomic E-state index is 12.3. The quantitative estimate of drug-likeness (QED) is 0.691. The van der Waals surface area contributed by atoms with Crippen molar-refractivity contribution < 1.29 is 24.1 Å². The fraction of sp³-hybridized carbons (Fsp3) is 0.312. The first-order valence-electron chi connectivity index (χ1n) is 7.32. The number of hydrogen-bond acceptors (Lipinski definition) is 7. The molecule has 134 valence electrons. The molecule has 1 heterocycles. The lowest BCUT2D eigenvalue weighted by Crippen LogP contribution is -2.35. The molecule has 9 nitrogen and oxygen atoms in total. The molecule has 0 spiro atoms. The highest BCUT2D eigenvalue weighted by Crippen LogP contribution is 2.21. The van der Waals surface area contributed by atoms with Gasteiger partial charge in [0, 0.05) is 20.3 Å². The number of nitrogens with one attached hydrogen (secondary N) is 1. The van der Waals surface area contributed by atoms with Crippen LogP contribution in [0.3, 0.4) is 0 Å². The molecule has 1 aromatic heterocycles. The normalized spacial score (nSPS) is 10.7. The Kier molecular flexibility index (Phi) is 6.09. The van der Waals surface area contributed by atoms with E-state index in [1.807, 2.05) is 0 Å². The van der Waals surface area contributed by atoms with Crippen LogP contribution in [0.25, 0.3) is 5.69 Å². The molecule has 2 aromatic rings. The molecule has 1 amide bonds. The fourth-order valence-electron chi connectivity index (χ4n) is 2.11. The molecular formula is C16H19N3O6. The summed E-state index contributed by atoms with van der Waals surface area (Å²) >= 11 is 0. The third kappa shape index (κ3) is 4.14. The zero-order chi connectivity index (χ0) is 18.4. The molecule has 0 saturated heterocycles. The minimum atomic E-state index is -0.680. The number of carbonyl (C=O) groups is 1. The number of benzene rings is 1. The Morgan fingerprint density at radius 2 is 1.96 bits per heavy atom. The molecule has 2 rings (SSSR count). The van der Waals surface area contributed by atoms with Gasteiger partial charge < -0.3 is 24.6 Å². The van der Waals surface area contributed by atoms with Crippen LogP contribution >= 0.6 is 0 Å². The number of carbonyl (C=O) groups excluding carboxylic acids is 1. The summed E-state index contributed by atoms with van der Waals surface area (Å²) in [6, 6.07) is 7.60. The maximum absolute atomic E-state index is 12.3. The predicted octanol–water partition coefficient (Wildman–Crippen LogP) is 0.295. The van der Waals surface area contributed by atoms with Crippen molar-refractivity contribution in [2.45, 2.75) is 6.29 Å². The highest BCUT2D eigenvalue weighted by molar-refractivity contribution is 5.94. The third-order valence-electron chi connectivity index (χ3n) is 3.40. The first-order valence-corrected chi connectivity index (χ1v) is 7.32. The number of aromatic nitrogens is 2. The lowest BCUT2D eigenvalue weighted by molar-refractivity contribution is -0.0974. The summed E-state index contributed by atoms with van der Waals surface area (Å²) in [6.45, 7) is 0.0424. The van der Waals surface area contributed by atoms with Gasteiger partial charge in [-0.05, 0) is 12.1 Å². The average Bonchev–Trinajstić information content (AvgIpc) is 2.62. The molecule has 0 saturated carbocycles. The van der Waals surface area contributed by atoms with Crippen molar-refractivity contribution in [1.82, 2.24) is 15.1 Å². The Hall–Kier alpha value is -2.91. The van der Waals surface area contributed by atoms with Crippen molar-refractivity contribution in [2.75, 3.05) is 27.9 Å². The molecule has 25 heavy (non-hydrogen) atoms. The van der Waals surface area contributed by atoms with E-state index in [4.69, 9.17) is 14.2 Å². The van der Waals surface area contributed by atoms with Crippen LogP contribution in [0.5, 0.6) is 11.5 Å². The van der Waals surface area contributed by atoms with Crippen LogP contribution in [0.4, 0.5) is 0 Å². The summed E-state index contributed by atoms with van der Waals surface area (Å²) in [6.07, 6.45) is -0.647. The lowest BCUT2D eigenvalue weighted by atomic mass is 10.3. The van der Waals surface area contributed by atoms with E-state index in [1.54, 1.807) is 24.3 Å². The minimum Gasteiger partial charge on any atom is -0.505 e. The Labute approximate surface area is 143 Å². The lowest BCUT2D eigenvalue weighted by Gasteiger charge is -2.15. The summed E-state index contributed by atoms with van der Waals surface area (Å²) in [7, 11) is 4.31. The molecule has 0 atom stereocenters. The summed E-state index contributed by atoms with van der Waals surface area (Å²) < 4.78 is 16.1. The molecule has 9 heteroatoms. The van der Waals surface area contributed by atoms with E-state index < -0.39 is 23.5 Å². The smallest absolute Gasteiger partial charge is 0.275 e. The van der Waals surface area contributed by atoms with Crippen LogP contribution in [0.2, 0.25) is 0 Å². The molecule has 2 N–H and O–H groups in total. The van der Waals surface area contributed by atoms with Crippen molar-refractivity contribution in [2.24, 2.45) is 0 Å². The largest absolute Gasteiger partial charge is 0.505 e. The molecule has 0 bridgehead atoms. The average molecular weight is 349 g/mol. The van der Waals surface area contributed by atoms with Crippen molar-refractivity contribution in [1.29, 1.82) is 0 Å². The van der Waals surface area contributed by atoms with Crippen molar-refractivity contribution in [3.8, 4) is 17.2 Å². The van der Waals surface area contributed by atoms with Gasteiger partial charge in [0.1, 0.15) is 11.4 Å². The van der Waals surface area contributed by atoms with Gasteiger partial charge >= 0.3 is 0 Å². The number of para-hydroxylation sites is 2. The van der Waals surface area contributed by atoms with E-state index in [2.05, 4.69) is 10.4 Å². The second-order valence-electron chi connectivity index (χ2n) is 4.91. The Morgan fingerprint density at radius 3 is 2.60 bits per heavy atom.